The molecule has 0 aromatic carbocycles. The average Bonchev–Trinajstić information content (AvgIpc) is 2.47. The number of nitrogens with zero attached hydrogens (tertiary/aromatic N) is 1. The topological polar surface area (TPSA) is 37.4 Å². The van der Waals surface area contributed by atoms with E-state index >= 15 is 0 Å². The van der Waals surface area contributed by atoms with Crippen LogP contribution in [-0.4, -0.2) is 31.3 Å². The van der Waals surface area contributed by atoms with Gasteiger partial charge in [-0.25, -0.2) is 0 Å². The normalized spacial score (nSPS) is 18.5. The maximum absolute atomic E-state index is 11.3. The van der Waals surface area contributed by atoms with E-state index in [0.29, 0.717) is 19.4 Å². The van der Waals surface area contributed by atoms with Gasteiger partial charge < -0.3 is 0 Å². The quantitative estimate of drug-likeness (QED) is 0.591. The summed E-state index contributed by atoms with van der Waals surface area (Å²) in [4.78, 5) is 24.1. The molecule has 0 spiro atoms. The van der Waals surface area contributed by atoms with Gasteiger partial charge in [-0.2, -0.15) is 0 Å². The molecule has 0 saturated carbocycles. The fourth-order valence-electron chi connectivity index (χ4n) is 1.50. The third kappa shape index (κ3) is 3.56. The Balaban J connectivity index is 2.47. The molecule has 1 heterocycles. The van der Waals surface area contributed by atoms with Crippen LogP contribution in [0.4, 0.5) is 0 Å². The molecule has 2 amide bonds. The van der Waals surface area contributed by atoms with Crippen LogP contribution in [0.15, 0.2) is 10.2 Å². The molecule has 0 radical (unpaired) electrons. The van der Waals surface area contributed by atoms with E-state index in [1.807, 2.05) is 0 Å². The lowest BCUT2D eigenvalue weighted by Crippen LogP contribution is -2.30. The second-order valence-electron chi connectivity index (χ2n) is 5.03. The summed E-state index contributed by atoms with van der Waals surface area (Å²) in [6.45, 7) is 7.27. The number of likely N-dealkylation sites (tertiary alicyclic amines) is 1. The Labute approximate surface area is 106 Å². The molecule has 0 unspecified atom stereocenters. The fraction of sp³-hybridized carbons (Fsp3) is 0.636. The second kappa shape index (κ2) is 5.27. The van der Waals surface area contributed by atoms with E-state index in [1.165, 1.54) is 9.01 Å². The van der Waals surface area contributed by atoms with E-state index in [2.05, 4.69) is 41.6 Å². The summed E-state index contributed by atoms with van der Waals surface area (Å²) < 4.78 is 1.25. The Morgan fingerprint density at radius 2 is 1.81 bits per heavy atom. The average molecular weight is 304 g/mol. The number of halogens is 1. The minimum Gasteiger partial charge on any atom is -0.282 e. The van der Waals surface area contributed by atoms with Gasteiger partial charge in [0.1, 0.15) is 0 Å². The molecule has 5 heteroatoms. The molecule has 0 bridgehead atoms. The summed E-state index contributed by atoms with van der Waals surface area (Å²) in [5.41, 5.74) is 0. The van der Waals surface area contributed by atoms with E-state index in [4.69, 9.17) is 0 Å². The minimum atomic E-state index is -1.28. The van der Waals surface area contributed by atoms with Crippen molar-refractivity contribution in [2.75, 3.05) is 6.54 Å². The van der Waals surface area contributed by atoms with Crippen molar-refractivity contribution >= 4 is 35.8 Å². The highest BCUT2D eigenvalue weighted by molar-refractivity contribution is 9.12. The van der Waals surface area contributed by atoms with Crippen LogP contribution in [0, 0.1) is 0 Å². The van der Waals surface area contributed by atoms with Crippen molar-refractivity contribution in [3.8, 4) is 0 Å². The van der Waals surface area contributed by atoms with Gasteiger partial charge in [-0.3, -0.25) is 14.5 Å². The fourth-order valence-corrected chi connectivity index (χ4v) is 2.48. The molecule has 0 aromatic heterocycles. The Hall–Kier alpha value is -0.423. The van der Waals surface area contributed by atoms with Gasteiger partial charge in [0, 0.05) is 19.4 Å². The van der Waals surface area contributed by atoms with Gasteiger partial charge in [-0.15, -0.1) is 0 Å². The van der Waals surface area contributed by atoms with Crippen LogP contribution in [-0.2, 0) is 9.59 Å². The third-order valence-corrected chi connectivity index (χ3v) is 8.08. The van der Waals surface area contributed by atoms with Gasteiger partial charge in [0.15, 0.2) is 0 Å². The van der Waals surface area contributed by atoms with Crippen LogP contribution < -0.4 is 0 Å². The van der Waals surface area contributed by atoms with Gasteiger partial charge in [-0.1, -0.05) is 41.6 Å². The van der Waals surface area contributed by atoms with Crippen LogP contribution in [0.5, 0.6) is 0 Å². The predicted octanol–water partition coefficient (Wildman–Crippen LogP) is 2.68. The summed E-state index contributed by atoms with van der Waals surface area (Å²) in [5, 5.41) is 0. The lowest BCUT2D eigenvalue weighted by Gasteiger charge is -2.16. The van der Waals surface area contributed by atoms with Gasteiger partial charge in [0.2, 0.25) is 11.8 Å². The first-order valence-corrected chi connectivity index (χ1v) is 9.81. The molecule has 1 aliphatic rings. The maximum atomic E-state index is 11.3. The van der Waals surface area contributed by atoms with Gasteiger partial charge in [-0.05, 0) is 10.5 Å². The standard InChI is InChI=1S/C11H18BrNO2Si/c1-16(2,3)9(12)5-4-8-13-10(14)6-7-11(13)15/h5H,4,6-8H2,1-3H3/b9-5-. The first-order valence-electron chi connectivity index (χ1n) is 5.51. The number of amides is 2. The Morgan fingerprint density at radius 3 is 2.25 bits per heavy atom. The van der Waals surface area contributed by atoms with E-state index in [9.17, 15) is 9.59 Å². The first kappa shape index (κ1) is 13.6. The van der Waals surface area contributed by atoms with Crippen LogP contribution >= 0.6 is 15.9 Å². The Bertz CT molecular complexity index is 317. The van der Waals surface area contributed by atoms with Gasteiger partial charge >= 0.3 is 0 Å². The van der Waals surface area contributed by atoms with Crippen LogP contribution in [0.2, 0.25) is 19.6 Å². The van der Waals surface area contributed by atoms with Gasteiger partial charge in [0.25, 0.3) is 0 Å². The molecular weight excluding hydrogens is 286 g/mol. The summed E-state index contributed by atoms with van der Waals surface area (Å²) in [7, 11) is -1.28. The third-order valence-electron chi connectivity index (χ3n) is 2.55. The van der Waals surface area contributed by atoms with Crippen molar-refractivity contribution in [1.29, 1.82) is 0 Å². The van der Waals surface area contributed by atoms with Crippen molar-refractivity contribution in [1.82, 2.24) is 4.90 Å². The van der Waals surface area contributed by atoms with Crippen molar-refractivity contribution in [3.05, 3.63) is 10.2 Å². The SMILES string of the molecule is C[Si](C)(C)/C(Br)=C\CCN1C(=O)CCC1=O. The lowest BCUT2D eigenvalue weighted by atomic mass is 10.4. The molecule has 1 rings (SSSR count). The molecular formula is C11H18BrNO2Si. The van der Waals surface area contributed by atoms with E-state index in [0.717, 1.165) is 6.42 Å². The second-order valence-corrected chi connectivity index (χ2v) is 11.7. The Kier molecular flexibility index (Phi) is 4.49. The zero-order valence-electron chi connectivity index (χ0n) is 10.0. The zero-order valence-corrected chi connectivity index (χ0v) is 12.6. The molecule has 90 valence electrons. The van der Waals surface area contributed by atoms with Crippen LogP contribution in [0.3, 0.4) is 0 Å². The molecule has 16 heavy (non-hydrogen) atoms. The van der Waals surface area contributed by atoms with Crippen molar-refractivity contribution in [3.63, 3.8) is 0 Å². The number of imide groups is 1. The van der Waals surface area contributed by atoms with E-state index in [1.54, 1.807) is 0 Å². The largest absolute Gasteiger partial charge is 0.282 e. The summed E-state index contributed by atoms with van der Waals surface area (Å²) in [6.07, 6.45) is 3.63. The minimum absolute atomic E-state index is 0.0254. The van der Waals surface area contributed by atoms with Crippen molar-refractivity contribution in [2.45, 2.75) is 38.9 Å². The van der Waals surface area contributed by atoms with Gasteiger partial charge in [0.05, 0.1) is 8.07 Å². The Morgan fingerprint density at radius 1 is 1.31 bits per heavy atom. The molecule has 3 nitrogen and oxygen atoms in total. The number of hydrogen-bond donors (Lipinski definition) is 0. The maximum Gasteiger partial charge on any atom is 0.229 e. The van der Waals surface area contributed by atoms with E-state index in [-0.39, 0.29) is 11.8 Å². The summed E-state index contributed by atoms with van der Waals surface area (Å²) >= 11 is 3.57. The first-order chi connectivity index (χ1) is 7.32. The molecule has 0 aromatic rings. The molecule has 0 N–H and O–H groups in total. The molecule has 0 atom stereocenters. The highest BCUT2D eigenvalue weighted by Crippen LogP contribution is 2.21. The highest BCUT2D eigenvalue weighted by atomic mass is 79.9. The lowest BCUT2D eigenvalue weighted by molar-refractivity contribution is -0.138. The number of carbonyl (C=O) groups excluding carboxylic acids is 2. The van der Waals surface area contributed by atoms with E-state index < -0.39 is 8.07 Å². The number of rotatable bonds is 4. The molecule has 0 aliphatic carbocycles. The van der Waals surface area contributed by atoms with Crippen molar-refractivity contribution in [2.24, 2.45) is 0 Å². The molecule has 1 fully saturated rings. The predicted molar refractivity (Wildman–Crippen MR) is 70.9 cm³/mol. The zero-order chi connectivity index (χ0) is 12.3. The van der Waals surface area contributed by atoms with Crippen LogP contribution in [0.1, 0.15) is 19.3 Å². The number of hydrogen-bond acceptors (Lipinski definition) is 2. The monoisotopic (exact) mass is 303 g/mol. The van der Waals surface area contributed by atoms with Crippen LogP contribution in [0.25, 0.3) is 0 Å². The smallest absolute Gasteiger partial charge is 0.229 e. The van der Waals surface area contributed by atoms with Crippen molar-refractivity contribution < 1.29 is 9.59 Å². The molecule has 1 saturated heterocycles. The summed E-state index contributed by atoms with van der Waals surface area (Å²) in [6, 6.07) is 0. The highest BCUT2D eigenvalue weighted by Gasteiger charge is 2.27. The molecule has 1 aliphatic heterocycles. The number of carbonyl (C=O) groups is 2. The summed E-state index contributed by atoms with van der Waals surface area (Å²) in [5.74, 6) is -0.0509.